The third-order valence-corrected chi connectivity index (χ3v) is 4.80. The van der Waals surface area contributed by atoms with E-state index < -0.39 is 0 Å². The normalized spacial score (nSPS) is 19.9. The molecule has 2 aromatic rings. The summed E-state index contributed by atoms with van der Waals surface area (Å²) in [4.78, 5) is 18.9. The first kappa shape index (κ1) is 17.5. The first-order chi connectivity index (χ1) is 12.0. The molecule has 0 N–H and O–H groups in total. The molecule has 3 rings (SSSR count). The van der Waals surface area contributed by atoms with E-state index in [-0.39, 0.29) is 11.9 Å². The second kappa shape index (κ2) is 7.68. The molecular formula is C21H26N2O2. The molecule has 1 aliphatic rings. The van der Waals surface area contributed by atoms with Gasteiger partial charge in [-0.2, -0.15) is 0 Å². The molecule has 1 aliphatic heterocycles. The lowest BCUT2D eigenvalue weighted by molar-refractivity contribution is -0.132. The minimum absolute atomic E-state index is 0.136. The molecule has 0 unspecified atom stereocenters. The summed E-state index contributed by atoms with van der Waals surface area (Å²) in [5, 5.41) is 0. The van der Waals surface area contributed by atoms with E-state index in [0.29, 0.717) is 18.9 Å². The number of benzene rings is 1. The van der Waals surface area contributed by atoms with Crippen LogP contribution in [0.5, 0.6) is 5.75 Å². The van der Waals surface area contributed by atoms with Crippen molar-refractivity contribution in [2.45, 2.75) is 39.7 Å². The van der Waals surface area contributed by atoms with Crippen molar-refractivity contribution in [1.29, 1.82) is 0 Å². The fourth-order valence-electron chi connectivity index (χ4n) is 3.56. The molecule has 1 aromatic heterocycles. The largest absolute Gasteiger partial charge is 0.493 e. The summed E-state index contributed by atoms with van der Waals surface area (Å²) in [5.41, 5.74) is 3.44. The van der Waals surface area contributed by atoms with Gasteiger partial charge in [0.15, 0.2) is 0 Å². The number of carbonyl (C=O) groups is 1. The maximum Gasteiger partial charge on any atom is 0.226 e. The number of ether oxygens (including phenoxy) is 1. The van der Waals surface area contributed by atoms with Gasteiger partial charge in [0.05, 0.1) is 19.1 Å². The number of aromatic nitrogens is 1. The first-order valence-corrected chi connectivity index (χ1v) is 8.94. The number of amides is 1. The summed E-state index contributed by atoms with van der Waals surface area (Å²) >= 11 is 0. The highest BCUT2D eigenvalue weighted by Gasteiger charge is 2.33. The molecule has 0 bridgehead atoms. The number of hydrogen-bond acceptors (Lipinski definition) is 3. The summed E-state index contributed by atoms with van der Waals surface area (Å²) < 4.78 is 5.83. The molecule has 1 fully saturated rings. The molecule has 4 heteroatoms. The highest BCUT2D eigenvalue weighted by Crippen LogP contribution is 2.35. The Hall–Kier alpha value is -2.36. The minimum atomic E-state index is 0.136. The summed E-state index contributed by atoms with van der Waals surface area (Å²) in [5.74, 6) is 1.52. The number of likely N-dealkylation sites (tertiary alicyclic amines) is 1. The van der Waals surface area contributed by atoms with Crippen LogP contribution < -0.4 is 4.74 Å². The zero-order valence-corrected chi connectivity index (χ0v) is 15.2. The first-order valence-electron chi connectivity index (χ1n) is 8.94. The maximum absolute atomic E-state index is 12.7. The van der Waals surface area contributed by atoms with Crippen molar-refractivity contribution in [1.82, 2.24) is 9.88 Å². The lowest BCUT2D eigenvalue weighted by Gasteiger charge is -2.25. The predicted molar refractivity (Wildman–Crippen MR) is 98.5 cm³/mol. The van der Waals surface area contributed by atoms with Gasteiger partial charge in [0, 0.05) is 18.9 Å². The molecule has 0 spiro atoms. The van der Waals surface area contributed by atoms with Crippen molar-refractivity contribution < 1.29 is 9.53 Å². The van der Waals surface area contributed by atoms with Gasteiger partial charge in [-0.25, -0.2) is 0 Å². The SMILES string of the molecule is Cc1ccc(OCCC(=O)N2C[C@H](C)C[C@@H]2c2cccnc2)c(C)c1. The summed E-state index contributed by atoms with van der Waals surface area (Å²) in [6, 6.07) is 10.2. The van der Waals surface area contributed by atoms with Gasteiger partial charge in [0.2, 0.25) is 5.91 Å². The predicted octanol–water partition coefficient (Wildman–Crippen LogP) is 4.08. The number of rotatable bonds is 5. The highest BCUT2D eigenvalue weighted by molar-refractivity contribution is 5.77. The van der Waals surface area contributed by atoms with Crippen LogP contribution in [0.1, 0.15) is 42.5 Å². The van der Waals surface area contributed by atoms with E-state index in [4.69, 9.17) is 4.74 Å². The molecule has 0 saturated carbocycles. The maximum atomic E-state index is 12.7. The molecule has 1 aromatic carbocycles. The molecule has 1 saturated heterocycles. The van der Waals surface area contributed by atoms with Crippen molar-refractivity contribution >= 4 is 5.91 Å². The zero-order chi connectivity index (χ0) is 17.8. The third kappa shape index (κ3) is 4.19. The summed E-state index contributed by atoms with van der Waals surface area (Å²) in [7, 11) is 0. The van der Waals surface area contributed by atoms with Crippen molar-refractivity contribution in [3.05, 3.63) is 59.4 Å². The highest BCUT2D eigenvalue weighted by atomic mass is 16.5. The van der Waals surface area contributed by atoms with E-state index in [0.717, 1.165) is 29.8 Å². The lowest BCUT2D eigenvalue weighted by atomic mass is 10.0. The van der Waals surface area contributed by atoms with E-state index in [1.165, 1.54) is 5.56 Å². The average molecular weight is 338 g/mol. The Morgan fingerprint density at radius 1 is 1.32 bits per heavy atom. The van der Waals surface area contributed by atoms with Gasteiger partial charge in [-0.05, 0) is 49.4 Å². The van der Waals surface area contributed by atoms with Gasteiger partial charge in [-0.15, -0.1) is 0 Å². The topological polar surface area (TPSA) is 42.4 Å². The summed E-state index contributed by atoms with van der Waals surface area (Å²) in [6.45, 7) is 7.51. The van der Waals surface area contributed by atoms with Crippen LogP contribution in [-0.4, -0.2) is 28.9 Å². The molecule has 25 heavy (non-hydrogen) atoms. The van der Waals surface area contributed by atoms with E-state index in [2.05, 4.69) is 31.0 Å². The second-order valence-corrected chi connectivity index (χ2v) is 7.06. The third-order valence-electron chi connectivity index (χ3n) is 4.80. The fraction of sp³-hybridized carbons (Fsp3) is 0.429. The van der Waals surface area contributed by atoms with E-state index in [1.807, 2.05) is 36.2 Å². The standard InChI is InChI=1S/C21H26N2O2/c1-15-6-7-20(17(3)11-15)25-10-8-21(24)23-14-16(2)12-19(23)18-5-4-9-22-13-18/h4-7,9,11,13,16,19H,8,10,12,14H2,1-3H3/t16-,19-/m1/s1. The van der Waals surface area contributed by atoms with Gasteiger partial charge >= 0.3 is 0 Å². The number of carbonyl (C=O) groups excluding carboxylic acids is 1. The Bertz CT molecular complexity index is 730. The molecular weight excluding hydrogens is 312 g/mol. The molecule has 4 nitrogen and oxygen atoms in total. The van der Waals surface area contributed by atoms with Crippen LogP contribution in [0.15, 0.2) is 42.7 Å². The molecule has 132 valence electrons. The van der Waals surface area contributed by atoms with E-state index in [1.54, 1.807) is 6.20 Å². The Balaban J connectivity index is 1.60. The zero-order valence-electron chi connectivity index (χ0n) is 15.2. The average Bonchev–Trinajstić information content (AvgIpc) is 2.99. The van der Waals surface area contributed by atoms with Crippen molar-refractivity contribution in [2.75, 3.05) is 13.2 Å². The molecule has 2 atom stereocenters. The Kier molecular flexibility index (Phi) is 5.37. The van der Waals surface area contributed by atoms with Crippen molar-refractivity contribution in [2.24, 2.45) is 5.92 Å². The Morgan fingerprint density at radius 3 is 2.88 bits per heavy atom. The van der Waals surface area contributed by atoms with Gasteiger partial charge in [-0.3, -0.25) is 9.78 Å². The van der Waals surface area contributed by atoms with Gasteiger partial charge < -0.3 is 9.64 Å². The minimum Gasteiger partial charge on any atom is -0.493 e. The van der Waals surface area contributed by atoms with Crippen LogP contribution in [0.2, 0.25) is 0 Å². The van der Waals surface area contributed by atoms with Crippen LogP contribution in [0.3, 0.4) is 0 Å². The van der Waals surface area contributed by atoms with Crippen LogP contribution in [-0.2, 0) is 4.79 Å². The number of pyridine rings is 1. The van der Waals surface area contributed by atoms with Crippen LogP contribution in [0.25, 0.3) is 0 Å². The quantitative estimate of drug-likeness (QED) is 0.825. The van der Waals surface area contributed by atoms with E-state index in [9.17, 15) is 4.79 Å². The number of hydrogen-bond donors (Lipinski definition) is 0. The van der Waals surface area contributed by atoms with Crippen molar-refractivity contribution in [3.63, 3.8) is 0 Å². The van der Waals surface area contributed by atoms with Gasteiger partial charge in [0.1, 0.15) is 5.75 Å². The van der Waals surface area contributed by atoms with Crippen LogP contribution in [0.4, 0.5) is 0 Å². The number of nitrogens with zero attached hydrogens (tertiary/aromatic N) is 2. The van der Waals surface area contributed by atoms with Crippen LogP contribution >= 0.6 is 0 Å². The lowest BCUT2D eigenvalue weighted by Crippen LogP contribution is -2.32. The van der Waals surface area contributed by atoms with Crippen LogP contribution in [0, 0.1) is 19.8 Å². The monoisotopic (exact) mass is 338 g/mol. The molecule has 2 heterocycles. The number of aryl methyl sites for hydroxylation is 2. The molecule has 0 radical (unpaired) electrons. The fourth-order valence-corrected chi connectivity index (χ4v) is 3.56. The molecule has 1 amide bonds. The second-order valence-electron chi connectivity index (χ2n) is 7.06. The summed E-state index contributed by atoms with van der Waals surface area (Å²) in [6.07, 6.45) is 5.03. The Morgan fingerprint density at radius 2 is 2.16 bits per heavy atom. The smallest absolute Gasteiger partial charge is 0.226 e. The Labute approximate surface area is 149 Å². The van der Waals surface area contributed by atoms with E-state index >= 15 is 0 Å². The molecule has 0 aliphatic carbocycles. The van der Waals surface area contributed by atoms with Crippen molar-refractivity contribution in [3.8, 4) is 5.75 Å². The van der Waals surface area contributed by atoms with Gasteiger partial charge in [-0.1, -0.05) is 30.7 Å². The van der Waals surface area contributed by atoms with Gasteiger partial charge in [0.25, 0.3) is 0 Å².